The number of carbonyl (C=O) groups is 2. The van der Waals surface area contributed by atoms with Crippen LogP contribution in [0.15, 0.2) is 48.0 Å². The topological polar surface area (TPSA) is 88.5 Å². The van der Waals surface area contributed by atoms with Gasteiger partial charge in [-0.15, -0.1) is 0 Å². The van der Waals surface area contributed by atoms with E-state index < -0.39 is 17.7 Å². The van der Waals surface area contributed by atoms with Crippen LogP contribution in [0.25, 0.3) is 5.76 Å². The predicted octanol–water partition coefficient (Wildman–Crippen LogP) is 5.43. The molecule has 8 heteroatoms. The highest BCUT2D eigenvalue weighted by Crippen LogP contribution is 2.42. The molecule has 0 aliphatic carbocycles. The van der Waals surface area contributed by atoms with Crippen molar-refractivity contribution < 1.29 is 28.9 Å². The number of carbonyl (C=O) groups excluding carboxylic acids is 2. The van der Waals surface area contributed by atoms with Crippen molar-refractivity contribution in [2.45, 2.75) is 53.5 Å². The van der Waals surface area contributed by atoms with Crippen LogP contribution in [-0.4, -0.2) is 72.6 Å². The first kappa shape index (κ1) is 30.0. The lowest BCUT2D eigenvalue weighted by molar-refractivity contribution is -0.140. The van der Waals surface area contributed by atoms with E-state index in [9.17, 15) is 14.7 Å². The first-order chi connectivity index (χ1) is 18.9. The number of rotatable bonds is 15. The second-order valence-electron chi connectivity index (χ2n) is 9.38. The van der Waals surface area contributed by atoms with Crippen LogP contribution in [-0.2, 0) is 9.59 Å². The summed E-state index contributed by atoms with van der Waals surface area (Å²) in [6.45, 7) is 14.2. The summed E-state index contributed by atoms with van der Waals surface area (Å²) in [6.07, 6.45) is 1.73. The lowest BCUT2D eigenvalue weighted by atomic mass is 9.95. The number of benzene rings is 2. The first-order valence-electron chi connectivity index (χ1n) is 14.0. The fraction of sp³-hybridized carbons (Fsp3) is 0.484. The highest BCUT2D eigenvalue weighted by molar-refractivity contribution is 6.46. The molecule has 2 aromatic rings. The van der Waals surface area contributed by atoms with Gasteiger partial charge in [-0.1, -0.05) is 33.8 Å². The fourth-order valence-corrected chi connectivity index (χ4v) is 4.62. The summed E-state index contributed by atoms with van der Waals surface area (Å²) < 4.78 is 17.4. The molecule has 0 spiro atoms. The molecule has 1 heterocycles. The quantitative estimate of drug-likeness (QED) is 0.184. The standard InChI is InChI=1S/C31H42N2O6/c1-6-19-38-24-14-11-22(12-15-24)29(34)27-28(33(31(36)30(27)35)18-17-32(8-3)9-4)23-13-16-25(39-20-7-2)26(21-23)37-10-5/h11-16,21,28,34H,6-10,17-20H2,1-5H3. The Bertz CT molecular complexity index is 1140. The van der Waals surface area contributed by atoms with Gasteiger partial charge in [-0.25, -0.2) is 0 Å². The number of aliphatic hydroxyl groups is 1. The average molecular weight is 539 g/mol. The molecule has 0 aromatic heterocycles. The zero-order valence-corrected chi connectivity index (χ0v) is 23.9. The van der Waals surface area contributed by atoms with Crippen LogP contribution in [0.5, 0.6) is 17.2 Å². The van der Waals surface area contributed by atoms with Crippen molar-refractivity contribution in [2.24, 2.45) is 0 Å². The molecule has 0 radical (unpaired) electrons. The summed E-state index contributed by atoms with van der Waals surface area (Å²) in [5.41, 5.74) is 1.18. The summed E-state index contributed by atoms with van der Waals surface area (Å²) in [5, 5.41) is 11.4. The summed E-state index contributed by atoms with van der Waals surface area (Å²) in [7, 11) is 0. The molecule has 1 N–H and O–H groups in total. The van der Waals surface area contributed by atoms with E-state index in [4.69, 9.17) is 14.2 Å². The van der Waals surface area contributed by atoms with Crippen LogP contribution in [0.3, 0.4) is 0 Å². The van der Waals surface area contributed by atoms with Crippen molar-refractivity contribution in [2.75, 3.05) is 46.0 Å². The van der Waals surface area contributed by atoms with Crippen LogP contribution in [0, 0.1) is 0 Å². The van der Waals surface area contributed by atoms with Gasteiger partial charge in [0.15, 0.2) is 11.5 Å². The lowest BCUT2D eigenvalue weighted by Crippen LogP contribution is -2.38. The van der Waals surface area contributed by atoms with E-state index in [0.29, 0.717) is 61.3 Å². The van der Waals surface area contributed by atoms with Crippen molar-refractivity contribution in [1.29, 1.82) is 0 Å². The molecule has 1 fully saturated rings. The molecule has 39 heavy (non-hydrogen) atoms. The van der Waals surface area contributed by atoms with Gasteiger partial charge < -0.3 is 29.1 Å². The van der Waals surface area contributed by atoms with E-state index in [0.717, 1.165) is 25.9 Å². The summed E-state index contributed by atoms with van der Waals surface area (Å²) in [6, 6.07) is 11.6. The zero-order valence-electron chi connectivity index (χ0n) is 23.9. The fourth-order valence-electron chi connectivity index (χ4n) is 4.62. The maximum absolute atomic E-state index is 13.4. The molecule has 0 bridgehead atoms. The average Bonchev–Trinajstić information content (AvgIpc) is 3.21. The Labute approximate surface area is 232 Å². The maximum Gasteiger partial charge on any atom is 0.295 e. The molecule has 212 valence electrons. The number of amides is 1. The number of aliphatic hydroxyl groups excluding tert-OH is 1. The van der Waals surface area contributed by atoms with Gasteiger partial charge in [-0.2, -0.15) is 0 Å². The third-order valence-corrected chi connectivity index (χ3v) is 6.74. The number of hydrogen-bond donors (Lipinski definition) is 1. The third kappa shape index (κ3) is 7.12. The Morgan fingerprint density at radius 2 is 1.54 bits per heavy atom. The second kappa shape index (κ2) is 14.6. The van der Waals surface area contributed by atoms with E-state index in [1.54, 1.807) is 35.2 Å². The number of ether oxygens (including phenoxy) is 3. The molecule has 0 saturated carbocycles. The van der Waals surface area contributed by atoms with Crippen molar-refractivity contribution in [3.63, 3.8) is 0 Å². The Kier molecular flexibility index (Phi) is 11.2. The van der Waals surface area contributed by atoms with Gasteiger partial charge in [-0.3, -0.25) is 9.59 Å². The molecule has 3 rings (SSSR count). The third-order valence-electron chi connectivity index (χ3n) is 6.74. The van der Waals surface area contributed by atoms with E-state index >= 15 is 0 Å². The smallest absolute Gasteiger partial charge is 0.295 e. The number of hydrogen-bond acceptors (Lipinski definition) is 7. The van der Waals surface area contributed by atoms with Crippen molar-refractivity contribution in [3.05, 3.63) is 59.2 Å². The van der Waals surface area contributed by atoms with Crippen LogP contribution in [0.1, 0.15) is 64.6 Å². The van der Waals surface area contributed by atoms with Gasteiger partial charge in [0.1, 0.15) is 11.5 Å². The van der Waals surface area contributed by atoms with E-state index in [2.05, 4.69) is 18.7 Å². The van der Waals surface area contributed by atoms with Crippen LogP contribution < -0.4 is 14.2 Å². The second-order valence-corrected chi connectivity index (χ2v) is 9.38. The Morgan fingerprint density at radius 1 is 0.872 bits per heavy atom. The van der Waals surface area contributed by atoms with Crippen LogP contribution in [0.2, 0.25) is 0 Å². The minimum atomic E-state index is -0.768. The molecule has 1 saturated heterocycles. The predicted molar refractivity (Wildman–Crippen MR) is 152 cm³/mol. The highest BCUT2D eigenvalue weighted by Gasteiger charge is 2.46. The lowest BCUT2D eigenvalue weighted by Gasteiger charge is -2.28. The number of ketones is 1. The molecule has 1 aliphatic rings. The van der Waals surface area contributed by atoms with Gasteiger partial charge in [0.25, 0.3) is 11.7 Å². The normalized spacial score (nSPS) is 16.7. The van der Waals surface area contributed by atoms with E-state index in [-0.39, 0.29) is 11.3 Å². The SMILES string of the molecule is CCCOc1ccc(C(O)=C2C(=O)C(=O)N(CCN(CC)CC)C2c2ccc(OCCC)c(OCC)c2)cc1. The molecule has 1 aliphatic heterocycles. The van der Waals surface area contributed by atoms with Crippen LogP contribution >= 0.6 is 0 Å². The monoisotopic (exact) mass is 538 g/mol. The first-order valence-corrected chi connectivity index (χ1v) is 14.0. The molecular weight excluding hydrogens is 496 g/mol. The molecule has 1 unspecified atom stereocenters. The van der Waals surface area contributed by atoms with E-state index in [1.807, 2.05) is 32.9 Å². The molecular formula is C31H42N2O6. The van der Waals surface area contributed by atoms with Crippen molar-refractivity contribution >= 4 is 17.4 Å². The summed E-state index contributed by atoms with van der Waals surface area (Å²) >= 11 is 0. The summed E-state index contributed by atoms with van der Waals surface area (Å²) in [4.78, 5) is 30.5. The minimum absolute atomic E-state index is 0.0615. The Morgan fingerprint density at radius 3 is 2.15 bits per heavy atom. The molecule has 8 nitrogen and oxygen atoms in total. The number of nitrogens with zero attached hydrogens (tertiary/aromatic N) is 2. The molecule has 1 amide bonds. The maximum atomic E-state index is 13.4. The molecule has 2 aromatic carbocycles. The van der Waals surface area contributed by atoms with E-state index in [1.165, 1.54) is 0 Å². The largest absolute Gasteiger partial charge is 0.507 e. The van der Waals surface area contributed by atoms with Gasteiger partial charge in [0.05, 0.1) is 31.4 Å². The number of likely N-dealkylation sites (N-methyl/N-ethyl adjacent to an activating group) is 1. The number of Topliss-reactive ketones (excluding diaryl/α,β-unsaturated/α-hetero) is 1. The Balaban J connectivity index is 2.10. The van der Waals surface area contributed by atoms with Gasteiger partial charge in [0, 0.05) is 18.7 Å². The minimum Gasteiger partial charge on any atom is -0.507 e. The Hall–Kier alpha value is -3.52. The van der Waals surface area contributed by atoms with Gasteiger partial charge >= 0.3 is 0 Å². The van der Waals surface area contributed by atoms with Gasteiger partial charge in [-0.05, 0) is 74.8 Å². The van der Waals surface area contributed by atoms with Crippen molar-refractivity contribution in [1.82, 2.24) is 9.80 Å². The van der Waals surface area contributed by atoms with Gasteiger partial charge in [0.2, 0.25) is 0 Å². The van der Waals surface area contributed by atoms with Crippen LogP contribution in [0.4, 0.5) is 0 Å². The van der Waals surface area contributed by atoms with Crippen molar-refractivity contribution in [3.8, 4) is 17.2 Å². The zero-order chi connectivity index (χ0) is 28.4. The highest BCUT2D eigenvalue weighted by atomic mass is 16.5. The summed E-state index contributed by atoms with van der Waals surface area (Å²) in [5.74, 6) is 0.276. The number of likely N-dealkylation sites (tertiary alicyclic amines) is 1. The molecule has 1 atom stereocenters.